The van der Waals surface area contributed by atoms with E-state index < -0.39 is 18.6 Å². The van der Waals surface area contributed by atoms with Crippen molar-refractivity contribution in [1.29, 1.82) is 0 Å². The van der Waals surface area contributed by atoms with Crippen LogP contribution in [0.4, 0.5) is 13.2 Å². The van der Waals surface area contributed by atoms with Crippen LogP contribution in [-0.2, 0) is 0 Å². The van der Waals surface area contributed by atoms with E-state index in [1.165, 1.54) is 12.1 Å². The van der Waals surface area contributed by atoms with Gasteiger partial charge in [0.1, 0.15) is 5.75 Å². The summed E-state index contributed by atoms with van der Waals surface area (Å²) in [5, 5.41) is 9.75. The first-order valence-electron chi connectivity index (χ1n) is 4.71. The molecule has 0 aliphatic rings. The van der Waals surface area contributed by atoms with E-state index in [9.17, 15) is 18.3 Å². The van der Waals surface area contributed by atoms with Crippen LogP contribution in [0, 0.1) is 0 Å². The normalized spacial score (nSPS) is 13.8. The topological polar surface area (TPSA) is 46.2 Å². The van der Waals surface area contributed by atoms with Crippen LogP contribution in [0.15, 0.2) is 12.1 Å². The molecule has 3 N–H and O–H groups in total. The van der Waals surface area contributed by atoms with Gasteiger partial charge in [-0.2, -0.15) is 13.2 Å². The zero-order valence-corrected chi connectivity index (χ0v) is 10.1. The zero-order valence-electron chi connectivity index (χ0n) is 8.56. The van der Waals surface area contributed by atoms with Crippen LogP contribution < -0.4 is 5.73 Å². The van der Waals surface area contributed by atoms with E-state index in [4.69, 9.17) is 28.9 Å². The van der Waals surface area contributed by atoms with Gasteiger partial charge in [0.15, 0.2) is 0 Å². The Bertz CT molecular complexity index is 409. The number of benzene rings is 1. The van der Waals surface area contributed by atoms with E-state index in [2.05, 4.69) is 0 Å². The summed E-state index contributed by atoms with van der Waals surface area (Å²) in [5.74, 6) is -0.328. The smallest absolute Gasteiger partial charge is 0.389 e. The predicted molar refractivity (Wildman–Crippen MR) is 60.3 cm³/mol. The van der Waals surface area contributed by atoms with E-state index in [1.54, 1.807) is 0 Å². The lowest BCUT2D eigenvalue weighted by Gasteiger charge is -2.16. The summed E-state index contributed by atoms with van der Waals surface area (Å²) < 4.78 is 36.1. The molecule has 1 atom stereocenters. The third kappa shape index (κ3) is 4.26. The number of halogens is 5. The number of nitrogens with two attached hydrogens (primary N) is 1. The lowest BCUT2D eigenvalue weighted by molar-refractivity contribution is -0.136. The SMILES string of the molecule is N[C@@H](CCC(F)(F)F)c1cc(Cl)cc(Cl)c1O. The third-order valence-corrected chi connectivity index (χ3v) is 2.70. The summed E-state index contributed by atoms with van der Waals surface area (Å²) in [6.45, 7) is 0. The number of phenols is 1. The number of alkyl halides is 3. The molecule has 0 amide bonds. The largest absolute Gasteiger partial charge is 0.506 e. The van der Waals surface area contributed by atoms with E-state index in [0.717, 1.165) is 0 Å². The highest BCUT2D eigenvalue weighted by Gasteiger charge is 2.28. The van der Waals surface area contributed by atoms with Crippen LogP contribution in [0.25, 0.3) is 0 Å². The molecule has 0 aromatic heterocycles. The van der Waals surface area contributed by atoms with Crippen molar-refractivity contribution in [2.24, 2.45) is 5.73 Å². The van der Waals surface area contributed by atoms with E-state index >= 15 is 0 Å². The molecule has 0 radical (unpaired) electrons. The van der Waals surface area contributed by atoms with Crippen LogP contribution in [0.3, 0.4) is 0 Å². The average Bonchev–Trinajstić information content (AvgIpc) is 2.19. The van der Waals surface area contributed by atoms with Gasteiger partial charge in [0.05, 0.1) is 5.02 Å². The Hall–Kier alpha value is -0.650. The molecule has 1 aromatic rings. The fourth-order valence-electron chi connectivity index (χ4n) is 1.34. The second-order valence-electron chi connectivity index (χ2n) is 3.59. The Morgan fingerprint density at radius 3 is 2.41 bits per heavy atom. The van der Waals surface area contributed by atoms with Gasteiger partial charge in [-0.3, -0.25) is 0 Å². The Morgan fingerprint density at radius 1 is 1.29 bits per heavy atom. The van der Waals surface area contributed by atoms with Gasteiger partial charge in [0, 0.05) is 23.0 Å². The fourth-order valence-corrected chi connectivity index (χ4v) is 1.85. The van der Waals surface area contributed by atoms with Gasteiger partial charge < -0.3 is 10.8 Å². The highest BCUT2D eigenvalue weighted by molar-refractivity contribution is 6.35. The molecule has 0 fully saturated rings. The van der Waals surface area contributed by atoms with E-state index in [-0.39, 0.29) is 27.8 Å². The Morgan fingerprint density at radius 2 is 1.88 bits per heavy atom. The molecule has 7 heteroatoms. The molecule has 2 nitrogen and oxygen atoms in total. The Kier molecular flexibility index (Phi) is 4.52. The molecule has 0 unspecified atom stereocenters. The second-order valence-corrected chi connectivity index (χ2v) is 4.43. The summed E-state index contributed by atoms with van der Waals surface area (Å²) in [7, 11) is 0. The van der Waals surface area contributed by atoms with Crippen molar-refractivity contribution in [3.8, 4) is 5.75 Å². The van der Waals surface area contributed by atoms with Crippen LogP contribution in [-0.4, -0.2) is 11.3 Å². The number of hydrogen-bond donors (Lipinski definition) is 2. The quantitative estimate of drug-likeness (QED) is 0.881. The van der Waals surface area contributed by atoms with Crippen molar-refractivity contribution >= 4 is 23.2 Å². The zero-order chi connectivity index (χ0) is 13.2. The molecular weight excluding hydrogens is 278 g/mol. The van der Waals surface area contributed by atoms with Gasteiger partial charge in [0.25, 0.3) is 0 Å². The lowest BCUT2D eigenvalue weighted by Crippen LogP contribution is -2.16. The average molecular weight is 288 g/mol. The van der Waals surface area contributed by atoms with Crippen LogP contribution in [0.1, 0.15) is 24.4 Å². The Labute approximate surface area is 106 Å². The molecule has 1 aromatic carbocycles. The standard InChI is InChI=1S/C10H10Cl2F3NO/c11-5-3-6(9(17)7(12)4-5)8(16)1-2-10(13,14)15/h3-4,8,17H,1-2,16H2/t8-/m0/s1. The summed E-state index contributed by atoms with van der Waals surface area (Å²) in [4.78, 5) is 0. The van der Waals surface area contributed by atoms with Gasteiger partial charge in [0.2, 0.25) is 0 Å². The molecule has 0 saturated carbocycles. The predicted octanol–water partition coefficient (Wildman–Crippen LogP) is 4.04. The molecule has 0 aliphatic heterocycles. The number of aromatic hydroxyl groups is 1. The molecule has 0 heterocycles. The third-order valence-electron chi connectivity index (χ3n) is 2.20. The van der Waals surface area contributed by atoms with Crippen molar-refractivity contribution < 1.29 is 18.3 Å². The number of rotatable bonds is 3. The molecular formula is C10H10Cl2F3NO. The minimum Gasteiger partial charge on any atom is -0.506 e. The van der Waals surface area contributed by atoms with Crippen LogP contribution >= 0.6 is 23.2 Å². The molecule has 0 spiro atoms. The van der Waals surface area contributed by atoms with Gasteiger partial charge in [-0.05, 0) is 18.6 Å². The number of phenolic OH excluding ortho intramolecular Hbond substituents is 1. The highest BCUT2D eigenvalue weighted by atomic mass is 35.5. The summed E-state index contributed by atoms with van der Waals surface area (Å²) in [6.07, 6.45) is -5.65. The van der Waals surface area contributed by atoms with Gasteiger partial charge in [-0.15, -0.1) is 0 Å². The van der Waals surface area contributed by atoms with Crippen LogP contribution in [0.2, 0.25) is 10.0 Å². The van der Waals surface area contributed by atoms with E-state index in [1.807, 2.05) is 0 Å². The first kappa shape index (κ1) is 14.4. The van der Waals surface area contributed by atoms with Crippen molar-refractivity contribution in [2.45, 2.75) is 25.1 Å². The molecule has 96 valence electrons. The monoisotopic (exact) mass is 287 g/mol. The van der Waals surface area contributed by atoms with Gasteiger partial charge >= 0.3 is 6.18 Å². The lowest BCUT2D eigenvalue weighted by atomic mass is 10.0. The summed E-state index contributed by atoms with van der Waals surface area (Å²) in [6, 6.07) is 1.63. The first-order chi connectivity index (χ1) is 7.70. The summed E-state index contributed by atoms with van der Waals surface area (Å²) in [5.41, 5.74) is 5.68. The molecule has 0 aliphatic carbocycles. The molecule has 17 heavy (non-hydrogen) atoms. The minimum atomic E-state index is -4.28. The highest BCUT2D eigenvalue weighted by Crippen LogP contribution is 2.36. The fraction of sp³-hybridized carbons (Fsp3) is 0.400. The van der Waals surface area contributed by atoms with Gasteiger partial charge in [-0.1, -0.05) is 23.2 Å². The molecule has 1 rings (SSSR count). The van der Waals surface area contributed by atoms with Gasteiger partial charge in [-0.25, -0.2) is 0 Å². The molecule has 0 saturated heterocycles. The summed E-state index contributed by atoms with van der Waals surface area (Å²) >= 11 is 11.3. The maximum atomic E-state index is 12.0. The van der Waals surface area contributed by atoms with Crippen molar-refractivity contribution in [2.75, 3.05) is 0 Å². The Balaban J connectivity index is 2.85. The van der Waals surface area contributed by atoms with Crippen molar-refractivity contribution in [1.82, 2.24) is 0 Å². The second kappa shape index (κ2) is 5.33. The van der Waals surface area contributed by atoms with Crippen molar-refractivity contribution in [3.63, 3.8) is 0 Å². The maximum absolute atomic E-state index is 12.0. The number of hydrogen-bond acceptors (Lipinski definition) is 2. The first-order valence-corrected chi connectivity index (χ1v) is 5.46. The molecule has 0 bridgehead atoms. The minimum absolute atomic E-state index is 0.0324. The van der Waals surface area contributed by atoms with Crippen LogP contribution in [0.5, 0.6) is 5.75 Å². The maximum Gasteiger partial charge on any atom is 0.389 e. The van der Waals surface area contributed by atoms with Crippen molar-refractivity contribution in [3.05, 3.63) is 27.7 Å². The van der Waals surface area contributed by atoms with E-state index in [0.29, 0.717) is 0 Å².